The van der Waals surface area contributed by atoms with Crippen LogP contribution in [-0.2, 0) is 14.2 Å². The molecule has 2 aliphatic heterocycles. The third kappa shape index (κ3) is 0.780. The smallest absolute Gasteiger partial charge is 0.147 e. The van der Waals surface area contributed by atoms with Crippen LogP contribution in [0.4, 0.5) is 0 Å². The molecule has 0 unspecified atom stereocenters. The fraction of sp³-hybridized carbons (Fsp3) is 1.00. The van der Waals surface area contributed by atoms with Crippen LogP contribution < -0.4 is 0 Å². The molecule has 1 saturated carbocycles. The second kappa shape index (κ2) is 1.95. The van der Waals surface area contributed by atoms with E-state index in [0.717, 1.165) is 6.42 Å². The third-order valence-electron chi connectivity index (χ3n) is 2.67. The molecule has 0 aromatic heterocycles. The van der Waals surface area contributed by atoms with E-state index in [-0.39, 0.29) is 24.4 Å². The summed E-state index contributed by atoms with van der Waals surface area (Å²) in [4.78, 5) is 0. The van der Waals surface area contributed by atoms with Crippen molar-refractivity contribution in [3.05, 3.63) is 0 Å². The highest BCUT2D eigenvalue weighted by Crippen LogP contribution is 2.41. The molecule has 0 amide bonds. The van der Waals surface area contributed by atoms with Gasteiger partial charge in [0, 0.05) is 6.42 Å². The Morgan fingerprint density at radius 1 is 1.09 bits per heavy atom. The predicted octanol–water partition coefficient (Wildman–Crippen LogP) is -0.740. The van der Waals surface area contributed by atoms with Gasteiger partial charge in [-0.15, -0.1) is 0 Å². The minimum atomic E-state index is -0.471. The van der Waals surface area contributed by atoms with E-state index >= 15 is 0 Å². The maximum absolute atomic E-state index is 9.56. The molecule has 3 rings (SSSR count). The molecule has 3 aliphatic rings. The van der Waals surface area contributed by atoms with Crippen LogP contribution in [-0.4, -0.2) is 42.4 Å². The summed E-state index contributed by atoms with van der Waals surface area (Å²) in [5, 5.41) is 9.56. The van der Waals surface area contributed by atoms with Crippen molar-refractivity contribution >= 4 is 0 Å². The largest absolute Gasteiger partial charge is 0.387 e. The number of aliphatic hydroxyl groups excluding tert-OH is 1. The summed E-state index contributed by atoms with van der Waals surface area (Å²) in [7, 11) is 0. The molecule has 62 valence electrons. The van der Waals surface area contributed by atoms with E-state index in [2.05, 4.69) is 0 Å². The molecule has 2 saturated heterocycles. The zero-order valence-corrected chi connectivity index (χ0v) is 5.97. The molecule has 3 fully saturated rings. The highest BCUT2D eigenvalue weighted by atomic mass is 16.7. The van der Waals surface area contributed by atoms with Crippen molar-refractivity contribution < 1.29 is 19.3 Å². The van der Waals surface area contributed by atoms with Gasteiger partial charge in [-0.25, -0.2) is 0 Å². The zero-order chi connectivity index (χ0) is 7.42. The monoisotopic (exact) mass is 158 g/mol. The molecule has 0 radical (unpaired) electrons. The van der Waals surface area contributed by atoms with Crippen LogP contribution in [0.15, 0.2) is 0 Å². The van der Waals surface area contributed by atoms with Crippen molar-refractivity contribution in [3.63, 3.8) is 0 Å². The zero-order valence-electron chi connectivity index (χ0n) is 5.97. The van der Waals surface area contributed by atoms with Crippen LogP contribution in [0.2, 0.25) is 0 Å². The minimum Gasteiger partial charge on any atom is -0.387 e. The summed E-state index contributed by atoms with van der Waals surface area (Å²) in [5.41, 5.74) is 0. The fourth-order valence-electron chi connectivity index (χ4n) is 1.99. The third-order valence-corrected chi connectivity index (χ3v) is 2.67. The van der Waals surface area contributed by atoms with E-state index in [9.17, 15) is 5.11 Å². The average Bonchev–Trinajstić information content (AvgIpc) is 2.59. The van der Waals surface area contributed by atoms with E-state index in [0.29, 0.717) is 6.79 Å². The van der Waals surface area contributed by atoms with Gasteiger partial charge in [0.1, 0.15) is 25.1 Å². The van der Waals surface area contributed by atoms with Crippen molar-refractivity contribution in [3.8, 4) is 0 Å². The standard InChI is InChI=1S/C7H10O4/c8-5-6-3(9-2-10-6)1-4-7(5)11-4/h3-8H,1-2H2/t3-,4-,5+,6-,7-/m0/s1. The second-order valence-electron chi connectivity index (χ2n) is 3.32. The summed E-state index contributed by atoms with van der Waals surface area (Å²) < 4.78 is 15.7. The summed E-state index contributed by atoms with van der Waals surface area (Å²) in [6.07, 6.45) is 0.589. The quantitative estimate of drug-likeness (QED) is 0.472. The Morgan fingerprint density at radius 2 is 2.00 bits per heavy atom. The van der Waals surface area contributed by atoms with Crippen LogP contribution in [0.3, 0.4) is 0 Å². The van der Waals surface area contributed by atoms with Crippen LogP contribution in [0.1, 0.15) is 6.42 Å². The molecule has 4 heteroatoms. The summed E-state index contributed by atoms with van der Waals surface area (Å²) in [6.45, 7) is 0.325. The number of hydrogen-bond acceptors (Lipinski definition) is 4. The highest BCUT2D eigenvalue weighted by Gasteiger charge is 2.57. The summed E-state index contributed by atoms with van der Waals surface area (Å²) in [5.74, 6) is 0. The van der Waals surface area contributed by atoms with Crippen LogP contribution in [0.25, 0.3) is 0 Å². The fourth-order valence-corrected chi connectivity index (χ4v) is 1.99. The van der Waals surface area contributed by atoms with E-state index in [1.807, 2.05) is 0 Å². The van der Waals surface area contributed by atoms with E-state index in [1.54, 1.807) is 0 Å². The van der Waals surface area contributed by atoms with E-state index in [4.69, 9.17) is 14.2 Å². The molecule has 4 nitrogen and oxygen atoms in total. The minimum absolute atomic E-state index is 0.0259. The van der Waals surface area contributed by atoms with Crippen molar-refractivity contribution in [2.75, 3.05) is 6.79 Å². The van der Waals surface area contributed by atoms with Gasteiger partial charge in [0.15, 0.2) is 0 Å². The Morgan fingerprint density at radius 3 is 2.91 bits per heavy atom. The molecule has 0 aromatic carbocycles. The first-order valence-corrected chi connectivity index (χ1v) is 3.93. The maximum atomic E-state index is 9.56. The van der Waals surface area contributed by atoms with Gasteiger partial charge < -0.3 is 19.3 Å². The Kier molecular flexibility index (Phi) is 1.13. The van der Waals surface area contributed by atoms with Crippen molar-refractivity contribution in [1.82, 2.24) is 0 Å². The number of aliphatic hydroxyl groups is 1. The lowest BCUT2D eigenvalue weighted by molar-refractivity contribution is -0.0250. The maximum Gasteiger partial charge on any atom is 0.147 e. The number of rotatable bonds is 0. The molecule has 1 aliphatic carbocycles. The van der Waals surface area contributed by atoms with Gasteiger partial charge in [0.25, 0.3) is 0 Å². The van der Waals surface area contributed by atoms with Gasteiger partial charge in [0.05, 0.1) is 12.2 Å². The summed E-state index contributed by atoms with van der Waals surface area (Å²) >= 11 is 0. The molecule has 0 spiro atoms. The second-order valence-corrected chi connectivity index (χ2v) is 3.32. The van der Waals surface area contributed by atoms with Crippen molar-refractivity contribution in [2.45, 2.75) is 36.9 Å². The number of fused-ring (bicyclic) bond motifs is 2. The molecule has 5 atom stereocenters. The lowest BCUT2D eigenvalue weighted by Gasteiger charge is -2.23. The highest BCUT2D eigenvalue weighted by molar-refractivity contribution is 5.04. The molecule has 1 N–H and O–H groups in total. The molecule has 0 aromatic rings. The average molecular weight is 158 g/mol. The molecule has 2 heterocycles. The molecular weight excluding hydrogens is 148 g/mol. The summed E-state index contributed by atoms with van der Waals surface area (Å²) in [6, 6.07) is 0. The van der Waals surface area contributed by atoms with Gasteiger partial charge >= 0.3 is 0 Å². The lowest BCUT2D eigenvalue weighted by atomic mass is 9.92. The molecule has 11 heavy (non-hydrogen) atoms. The SMILES string of the molecule is O[C@@H]1[C@H]2OCO[C@H]2C[C@@H]2O[C@H]12. The van der Waals surface area contributed by atoms with Gasteiger partial charge in [0.2, 0.25) is 0 Å². The van der Waals surface area contributed by atoms with Crippen LogP contribution in [0.5, 0.6) is 0 Å². The predicted molar refractivity (Wildman–Crippen MR) is 33.9 cm³/mol. The van der Waals surface area contributed by atoms with Gasteiger partial charge in [-0.3, -0.25) is 0 Å². The van der Waals surface area contributed by atoms with Crippen molar-refractivity contribution in [2.24, 2.45) is 0 Å². The topological polar surface area (TPSA) is 51.2 Å². The number of ether oxygens (including phenoxy) is 3. The Hall–Kier alpha value is -0.160. The first-order chi connectivity index (χ1) is 5.36. The Labute approximate surface area is 64.0 Å². The van der Waals surface area contributed by atoms with Crippen LogP contribution >= 0.6 is 0 Å². The lowest BCUT2D eigenvalue weighted by Crippen LogP contribution is -2.43. The number of hydrogen-bond donors (Lipinski definition) is 1. The molecule has 0 bridgehead atoms. The van der Waals surface area contributed by atoms with Gasteiger partial charge in [-0.2, -0.15) is 0 Å². The van der Waals surface area contributed by atoms with Crippen LogP contribution in [0, 0.1) is 0 Å². The Balaban J connectivity index is 1.83. The molecular formula is C7H10O4. The van der Waals surface area contributed by atoms with Gasteiger partial charge in [-0.05, 0) is 0 Å². The van der Waals surface area contributed by atoms with E-state index < -0.39 is 6.10 Å². The normalized spacial score (nSPS) is 60.3. The number of epoxide rings is 1. The Bertz CT molecular complexity index is 181. The van der Waals surface area contributed by atoms with Gasteiger partial charge in [-0.1, -0.05) is 0 Å². The first kappa shape index (κ1) is 6.37. The van der Waals surface area contributed by atoms with Crippen molar-refractivity contribution in [1.29, 1.82) is 0 Å². The first-order valence-electron chi connectivity index (χ1n) is 3.93. The van der Waals surface area contributed by atoms with E-state index in [1.165, 1.54) is 0 Å².